The van der Waals surface area contributed by atoms with Crippen LogP contribution in [0, 0.1) is 16.7 Å². The molecular weight excluding hydrogens is 434 g/mol. The Labute approximate surface area is 197 Å². The maximum absolute atomic E-state index is 9.13. The maximum atomic E-state index is 9.13. The lowest BCUT2D eigenvalue weighted by atomic mass is 9.57. The molecule has 1 saturated heterocycles. The van der Waals surface area contributed by atoms with Gasteiger partial charge in [0.25, 0.3) is 0 Å². The maximum Gasteiger partial charge on any atom is 0.151 e. The highest BCUT2D eigenvalue weighted by atomic mass is 35.5. The van der Waals surface area contributed by atoms with Gasteiger partial charge in [-0.15, -0.1) is 10.2 Å². The van der Waals surface area contributed by atoms with Crippen molar-refractivity contribution in [3.63, 3.8) is 0 Å². The average Bonchev–Trinajstić information content (AvgIpc) is 3.55. The van der Waals surface area contributed by atoms with Crippen molar-refractivity contribution < 1.29 is 0 Å². The Bertz CT molecular complexity index is 1290. The van der Waals surface area contributed by atoms with E-state index in [4.69, 9.17) is 22.0 Å². The molecule has 3 aromatic rings. The molecule has 7 rings (SSSR count). The zero-order chi connectivity index (χ0) is 22.2. The van der Waals surface area contributed by atoms with Crippen molar-refractivity contribution in [1.82, 2.24) is 24.6 Å². The summed E-state index contributed by atoms with van der Waals surface area (Å²) < 4.78 is 2.32. The van der Waals surface area contributed by atoms with Crippen molar-refractivity contribution in [2.75, 3.05) is 18.0 Å². The zero-order valence-electron chi connectivity index (χ0n) is 18.3. The van der Waals surface area contributed by atoms with E-state index < -0.39 is 0 Å². The van der Waals surface area contributed by atoms with Crippen LogP contribution in [0.25, 0.3) is 5.69 Å². The molecule has 2 aromatic heterocycles. The zero-order valence-corrected chi connectivity index (χ0v) is 19.0. The summed E-state index contributed by atoms with van der Waals surface area (Å²) >= 11 is 6.38. The number of benzene rings is 1. The van der Waals surface area contributed by atoms with Gasteiger partial charge in [-0.05, 0) is 61.6 Å². The molecule has 7 nitrogen and oxygen atoms in total. The molecule has 0 bridgehead atoms. The van der Waals surface area contributed by atoms with Gasteiger partial charge < -0.3 is 4.90 Å². The van der Waals surface area contributed by atoms with Gasteiger partial charge in [0.05, 0.1) is 12.2 Å². The third kappa shape index (κ3) is 3.16. The van der Waals surface area contributed by atoms with Crippen LogP contribution in [0.3, 0.4) is 0 Å². The van der Waals surface area contributed by atoms with E-state index in [1.165, 1.54) is 24.1 Å². The minimum atomic E-state index is 0.328. The molecule has 2 aliphatic heterocycles. The van der Waals surface area contributed by atoms with Crippen LogP contribution in [0.5, 0.6) is 0 Å². The van der Waals surface area contributed by atoms with Crippen molar-refractivity contribution in [1.29, 1.82) is 5.26 Å². The molecule has 4 aliphatic rings. The van der Waals surface area contributed by atoms with Gasteiger partial charge in [-0.25, -0.2) is 4.98 Å². The average molecular weight is 458 g/mol. The minimum absolute atomic E-state index is 0.328. The quantitative estimate of drug-likeness (QED) is 0.590. The normalized spacial score (nSPS) is 21.5. The lowest BCUT2D eigenvalue weighted by Crippen LogP contribution is -2.62. The van der Waals surface area contributed by atoms with E-state index in [-0.39, 0.29) is 0 Å². The fourth-order valence-corrected chi connectivity index (χ4v) is 6.22. The lowest BCUT2D eigenvalue weighted by molar-refractivity contribution is 0.0581. The molecule has 0 radical (unpaired) electrons. The largest absolute Gasteiger partial charge is 0.355 e. The molecule has 0 atom stereocenters. The molecule has 166 valence electrons. The van der Waals surface area contributed by atoms with Gasteiger partial charge >= 0.3 is 0 Å². The van der Waals surface area contributed by atoms with Crippen LogP contribution in [0.2, 0.25) is 5.02 Å². The van der Waals surface area contributed by atoms with Crippen LogP contribution in [0.1, 0.15) is 54.5 Å². The molecule has 33 heavy (non-hydrogen) atoms. The third-order valence-electron chi connectivity index (χ3n) is 7.77. The van der Waals surface area contributed by atoms with Crippen molar-refractivity contribution in [2.24, 2.45) is 5.41 Å². The highest BCUT2D eigenvalue weighted by Gasteiger charge is 2.54. The summed E-state index contributed by atoms with van der Waals surface area (Å²) in [6.45, 7) is 3.75. The van der Waals surface area contributed by atoms with Gasteiger partial charge in [0.1, 0.15) is 23.4 Å². The second-order valence-electron chi connectivity index (χ2n) is 10.2. The number of rotatable bonds is 3. The van der Waals surface area contributed by atoms with Gasteiger partial charge in [0, 0.05) is 42.0 Å². The Kier molecular flexibility index (Phi) is 4.15. The predicted molar refractivity (Wildman–Crippen MR) is 124 cm³/mol. The standard InChI is InChI=1S/C25H24ClN7/c26-18-4-7-21-16(8-18)12-31(20-5-6-20)13-23-29-30-24(33(21)23)17-9-25(10-17)14-32(15-25)22-3-1-2-19(11-27)28-22/h1-4,7-8,17,20H,5-6,9-10,12-15H2. The van der Waals surface area contributed by atoms with Gasteiger partial charge in [0.15, 0.2) is 5.82 Å². The van der Waals surface area contributed by atoms with Gasteiger partial charge in [-0.2, -0.15) is 5.26 Å². The number of hydrogen-bond acceptors (Lipinski definition) is 6. The fourth-order valence-electron chi connectivity index (χ4n) is 6.03. The first-order valence-electron chi connectivity index (χ1n) is 11.7. The number of pyridine rings is 1. The first kappa shape index (κ1) is 19.5. The van der Waals surface area contributed by atoms with Crippen molar-refractivity contribution in [2.45, 2.75) is 50.7 Å². The highest BCUT2D eigenvalue weighted by Crippen LogP contribution is 2.56. The van der Waals surface area contributed by atoms with Crippen LogP contribution in [-0.2, 0) is 13.1 Å². The Hall–Kier alpha value is -2.95. The van der Waals surface area contributed by atoms with Gasteiger partial charge in [-0.3, -0.25) is 9.47 Å². The number of anilines is 1. The third-order valence-corrected chi connectivity index (χ3v) is 8.00. The summed E-state index contributed by atoms with van der Waals surface area (Å²) in [5.74, 6) is 3.47. The van der Waals surface area contributed by atoms with Crippen molar-refractivity contribution in [3.05, 3.63) is 64.3 Å². The number of halogens is 1. The van der Waals surface area contributed by atoms with E-state index >= 15 is 0 Å². The molecule has 0 amide bonds. The van der Waals surface area contributed by atoms with Crippen LogP contribution < -0.4 is 4.90 Å². The molecule has 1 aromatic carbocycles. The molecule has 3 fully saturated rings. The van der Waals surface area contributed by atoms with Gasteiger partial charge in [-0.1, -0.05) is 17.7 Å². The van der Waals surface area contributed by atoms with Crippen LogP contribution in [0.15, 0.2) is 36.4 Å². The first-order valence-corrected chi connectivity index (χ1v) is 12.1. The van der Waals surface area contributed by atoms with E-state index in [9.17, 15) is 0 Å². The number of hydrogen-bond donors (Lipinski definition) is 0. The molecule has 2 aliphatic carbocycles. The summed E-state index contributed by atoms with van der Waals surface area (Å²) in [6.07, 6.45) is 4.78. The Balaban J connectivity index is 1.13. The summed E-state index contributed by atoms with van der Waals surface area (Å²) in [5.41, 5.74) is 3.26. The number of aromatic nitrogens is 4. The van der Waals surface area contributed by atoms with Crippen LogP contribution in [0.4, 0.5) is 5.82 Å². The molecular formula is C25H24ClN7. The summed E-state index contributed by atoms with van der Waals surface area (Å²) in [5, 5.41) is 19.3. The topological polar surface area (TPSA) is 73.9 Å². The van der Waals surface area contributed by atoms with E-state index in [0.717, 1.165) is 61.5 Å². The Morgan fingerprint density at radius 2 is 1.91 bits per heavy atom. The summed E-state index contributed by atoms with van der Waals surface area (Å²) in [6, 6.07) is 14.7. The Morgan fingerprint density at radius 1 is 1.06 bits per heavy atom. The number of nitriles is 1. The second-order valence-corrected chi connectivity index (χ2v) is 10.6. The number of fused-ring (bicyclic) bond motifs is 3. The van der Waals surface area contributed by atoms with Crippen molar-refractivity contribution >= 4 is 17.4 Å². The summed E-state index contributed by atoms with van der Waals surface area (Å²) in [7, 11) is 0. The molecule has 1 spiro atoms. The SMILES string of the molecule is N#Cc1cccc(N2CC3(CC(c4nnc5n4-c4ccc(Cl)cc4CN(C4CC4)C5)C3)C2)n1. The summed E-state index contributed by atoms with van der Waals surface area (Å²) in [4.78, 5) is 9.27. The Morgan fingerprint density at radius 3 is 2.70 bits per heavy atom. The monoisotopic (exact) mass is 457 g/mol. The van der Waals surface area contributed by atoms with E-state index in [1.807, 2.05) is 18.2 Å². The lowest BCUT2D eigenvalue weighted by Gasteiger charge is -2.59. The number of nitrogens with zero attached hydrogens (tertiary/aromatic N) is 7. The fraction of sp³-hybridized carbons (Fsp3) is 0.440. The molecule has 8 heteroatoms. The first-order chi connectivity index (χ1) is 16.1. The van der Waals surface area contributed by atoms with Gasteiger partial charge in [0.2, 0.25) is 0 Å². The molecule has 0 N–H and O–H groups in total. The second kappa shape index (κ2) is 7.02. The smallest absolute Gasteiger partial charge is 0.151 e. The van der Waals surface area contributed by atoms with E-state index in [1.54, 1.807) is 6.07 Å². The highest BCUT2D eigenvalue weighted by molar-refractivity contribution is 6.30. The van der Waals surface area contributed by atoms with Crippen LogP contribution in [-0.4, -0.2) is 43.8 Å². The van der Waals surface area contributed by atoms with Crippen molar-refractivity contribution in [3.8, 4) is 11.8 Å². The predicted octanol–water partition coefficient (Wildman–Crippen LogP) is 4.05. The van der Waals surface area contributed by atoms with E-state index in [0.29, 0.717) is 23.1 Å². The van der Waals surface area contributed by atoms with E-state index in [2.05, 4.69) is 42.7 Å². The molecule has 2 saturated carbocycles. The molecule has 4 heterocycles. The minimum Gasteiger partial charge on any atom is -0.355 e. The van der Waals surface area contributed by atoms with Crippen LogP contribution >= 0.6 is 11.6 Å². The molecule has 0 unspecified atom stereocenters.